The van der Waals surface area contributed by atoms with Crippen LogP contribution in [0.4, 0.5) is 10.5 Å². The lowest BCUT2D eigenvalue weighted by Gasteiger charge is -2.25. The van der Waals surface area contributed by atoms with Gasteiger partial charge < -0.3 is 9.47 Å². The predicted octanol–water partition coefficient (Wildman–Crippen LogP) is 5.66. The highest BCUT2D eigenvalue weighted by molar-refractivity contribution is 6.32. The molecule has 33 heavy (non-hydrogen) atoms. The molecule has 1 heterocycles. The number of rotatable bonds is 7. The van der Waals surface area contributed by atoms with Crippen LogP contribution >= 0.6 is 11.6 Å². The van der Waals surface area contributed by atoms with Gasteiger partial charge in [-0.05, 0) is 57.4 Å². The molecule has 1 atom stereocenters. The van der Waals surface area contributed by atoms with Crippen molar-refractivity contribution in [1.82, 2.24) is 4.98 Å². The average Bonchev–Trinajstić information content (AvgIpc) is 3.50. The lowest BCUT2D eigenvalue weighted by Crippen LogP contribution is -2.29. The van der Waals surface area contributed by atoms with E-state index in [1.54, 1.807) is 51.1 Å². The van der Waals surface area contributed by atoms with Crippen molar-refractivity contribution in [2.75, 3.05) is 12.4 Å². The summed E-state index contributed by atoms with van der Waals surface area (Å²) in [4.78, 5) is 30.5. The minimum atomic E-state index is -0.695. The van der Waals surface area contributed by atoms with E-state index < -0.39 is 23.0 Å². The van der Waals surface area contributed by atoms with Crippen molar-refractivity contribution < 1.29 is 19.1 Å². The molecule has 3 rings (SSSR count). The van der Waals surface area contributed by atoms with Crippen LogP contribution in [0, 0.1) is 16.7 Å². The number of ketones is 1. The minimum Gasteiger partial charge on any atom is -0.495 e. The lowest BCUT2D eigenvalue weighted by molar-refractivity contribution is -0.125. The van der Waals surface area contributed by atoms with Gasteiger partial charge in [-0.1, -0.05) is 24.6 Å². The Kier molecular flexibility index (Phi) is 6.99. The summed E-state index contributed by atoms with van der Waals surface area (Å²) in [7, 11) is 1.48. The number of methoxy groups -OCH3 is 1. The number of ether oxygens (including phenoxy) is 2. The topological polar surface area (TPSA) is 101 Å². The van der Waals surface area contributed by atoms with Gasteiger partial charge in [0.15, 0.2) is 0 Å². The molecule has 1 aliphatic rings. The molecule has 0 spiro atoms. The highest BCUT2D eigenvalue weighted by atomic mass is 35.5. The molecule has 0 saturated heterocycles. The fourth-order valence-electron chi connectivity index (χ4n) is 3.60. The van der Waals surface area contributed by atoms with Gasteiger partial charge in [0.1, 0.15) is 28.9 Å². The minimum absolute atomic E-state index is 0.0418. The van der Waals surface area contributed by atoms with Crippen molar-refractivity contribution in [2.24, 2.45) is 5.41 Å². The predicted molar refractivity (Wildman–Crippen MR) is 126 cm³/mol. The number of hydrogen-bond donors (Lipinski definition) is 1. The lowest BCUT2D eigenvalue weighted by atomic mass is 9.82. The summed E-state index contributed by atoms with van der Waals surface area (Å²) in [5.74, 6) is -0.229. The molecule has 2 aromatic rings. The van der Waals surface area contributed by atoms with Crippen LogP contribution in [0.5, 0.6) is 5.75 Å². The van der Waals surface area contributed by atoms with Crippen molar-refractivity contribution in [3.63, 3.8) is 0 Å². The number of nitriles is 1. The normalized spacial score (nSPS) is 15.2. The summed E-state index contributed by atoms with van der Waals surface area (Å²) in [6.07, 6.45) is 1.20. The van der Waals surface area contributed by atoms with Crippen LogP contribution in [-0.4, -0.2) is 29.6 Å². The van der Waals surface area contributed by atoms with Gasteiger partial charge in [-0.3, -0.25) is 10.1 Å². The van der Waals surface area contributed by atoms with Crippen molar-refractivity contribution in [2.45, 2.75) is 58.5 Å². The number of carbonyl (C=O) groups excluding carboxylic acids is 2. The van der Waals surface area contributed by atoms with Crippen molar-refractivity contribution in [3.8, 4) is 11.8 Å². The Labute approximate surface area is 199 Å². The first-order valence-electron chi connectivity index (χ1n) is 10.7. The van der Waals surface area contributed by atoms with Gasteiger partial charge in [0, 0.05) is 23.6 Å². The van der Waals surface area contributed by atoms with E-state index in [1.165, 1.54) is 7.11 Å². The smallest absolute Gasteiger partial charge is 0.412 e. The summed E-state index contributed by atoms with van der Waals surface area (Å²) in [6, 6.07) is 10.4. The average molecular weight is 470 g/mol. The van der Waals surface area contributed by atoms with Crippen molar-refractivity contribution in [3.05, 3.63) is 52.3 Å². The van der Waals surface area contributed by atoms with Gasteiger partial charge in [-0.2, -0.15) is 5.26 Å². The summed E-state index contributed by atoms with van der Waals surface area (Å²) in [5, 5.41) is 12.3. The maximum Gasteiger partial charge on any atom is 0.412 e. The van der Waals surface area contributed by atoms with Crippen LogP contribution in [0.15, 0.2) is 30.3 Å². The van der Waals surface area contributed by atoms with Crippen LogP contribution in [0.2, 0.25) is 5.02 Å². The Balaban J connectivity index is 2.07. The maximum atomic E-state index is 13.6. The first-order valence-corrected chi connectivity index (χ1v) is 11.1. The molecule has 174 valence electrons. The molecule has 0 radical (unpaired) electrons. The molecule has 1 unspecified atom stereocenters. The molecule has 0 aliphatic heterocycles. The van der Waals surface area contributed by atoms with Gasteiger partial charge in [0.05, 0.1) is 23.7 Å². The number of pyridine rings is 1. The Morgan fingerprint density at radius 1 is 1.30 bits per heavy atom. The largest absolute Gasteiger partial charge is 0.495 e. The molecule has 1 fully saturated rings. The third-order valence-corrected chi connectivity index (χ3v) is 5.88. The van der Waals surface area contributed by atoms with Crippen LogP contribution in [-0.2, 0) is 16.0 Å². The SMILES string of the molecule is COc1cc(NC(=O)OC(C)(C)C)c(C(Cc2cccc(C#N)n2)C(=O)C2(C)CC2)cc1Cl. The van der Waals surface area contributed by atoms with Crippen LogP contribution in [0.1, 0.15) is 63.4 Å². The van der Waals surface area contributed by atoms with E-state index in [0.717, 1.165) is 12.8 Å². The van der Waals surface area contributed by atoms with Gasteiger partial charge in [0.25, 0.3) is 0 Å². The first-order chi connectivity index (χ1) is 15.5. The van der Waals surface area contributed by atoms with Gasteiger partial charge >= 0.3 is 6.09 Å². The summed E-state index contributed by atoms with van der Waals surface area (Å²) in [6.45, 7) is 7.24. The molecule has 0 bridgehead atoms. The van der Waals surface area contributed by atoms with E-state index in [9.17, 15) is 14.9 Å². The molecule has 1 aromatic carbocycles. The van der Waals surface area contributed by atoms with E-state index in [1.807, 2.05) is 13.0 Å². The van der Waals surface area contributed by atoms with Crippen molar-refractivity contribution >= 4 is 29.2 Å². The van der Waals surface area contributed by atoms with Gasteiger partial charge in [-0.15, -0.1) is 0 Å². The highest BCUT2D eigenvalue weighted by Crippen LogP contribution is 2.50. The van der Waals surface area contributed by atoms with Crippen LogP contribution in [0.3, 0.4) is 0 Å². The quantitative estimate of drug-likeness (QED) is 0.561. The fraction of sp³-hybridized carbons (Fsp3) is 0.440. The number of hydrogen-bond acceptors (Lipinski definition) is 6. The number of aromatic nitrogens is 1. The number of halogens is 1. The number of benzene rings is 1. The highest BCUT2D eigenvalue weighted by Gasteiger charge is 2.48. The number of nitrogens with one attached hydrogen (secondary N) is 1. The van der Waals surface area contributed by atoms with Crippen molar-refractivity contribution in [1.29, 1.82) is 5.26 Å². The maximum absolute atomic E-state index is 13.6. The number of nitrogens with zero attached hydrogens (tertiary/aromatic N) is 2. The summed E-state index contributed by atoms with van der Waals surface area (Å²) < 4.78 is 10.7. The summed E-state index contributed by atoms with van der Waals surface area (Å²) >= 11 is 6.43. The Bertz CT molecular complexity index is 1110. The number of amides is 1. The fourth-order valence-corrected chi connectivity index (χ4v) is 3.85. The Morgan fingerprint density at radius 3 is 2.58 bits per heavy atom. The van der Waals surface area contributed by atoms with Crippen LogP contribution in [0.25, 0.3) is 0 Å². The zero-order valence-electron chi connectivity index (χ0n) is 19.5. The third-order valence-electron chi connectivity index (χ3n) is 5.58. The Morgan fingerprint density at radius 2 is 2.00 bits per heavy atom. The first kappa shape index (κ1) is 24.5. The molecular formula is C25H28ClN3O4. The van der Waals surface area contributed by atoms with Crippen LogP contribution < -0.4 is 10.1 Å². The van der Waals surface area contributed by atoms with Gasteiger partial charge in [0.2, 0.25) is 0 Å². The van der Waals surface area contributed by atoms with Gasteiger partial charge in [-0.25, -0.2) is 9.78 Å². The molecular weight excluding hydrogens is 442 g/mol. The Hall–Kier alpha value is -3.11. The second-order valence-corrected chi connectivity index (χ2v) is 9.92. The van der Waals surface area contributed by atoms with E-state index in [-0.39, 0.29) is 17.9 Å². The molecule has 1 amide bonds. The second-order valence-electron chi connectivity index (χ2n) is 9.51. The standard InChI is InChI=1S/C25H28ClN3O4/c1-24(2,3)33-23(31)29-20-13-21(32-5)19(26)12-17(20)18(22(30)25(4)9-10-25)11-15-7-6-8-16(14-27)28-15/h6-8,12-13,18H,9-11H2,1-5H3,(H,29,31). The monoisotopic (exact) mass is 469 g/mol. The molecule has 1 saturated carbocycles. The molecule has 1 N–H and O–H groups in total. The van der Waals surface area contributed by atoms with E-state index in [2.05, 4.69) is 10.3 Å². The zero-order valence-corrected chi connectivity index (χ0v) is 20.2. The molecule has 8 heteroatoms. The third kappa shape index (κ3) is 6.02. The molecule has 7 nitrogen and oxygen atoms in total. The number of anilines is 1. The number of carbonyl (C=O) groups is 2. The van der Waals surface area contributed by atoms with E-state index in [4.69, 9.17) is 21.1 Å². The number of Topliss-reactive ketones (excluding diaryl/α,β-unsaturated/α-hetero) is 1. The summed E-state index contributed by atoms with van der Waals surface area (Å²) in [5.41, 5.74) is 0.674. The zero-order chi connectivity index (χ0) is 24.4. The molecule has 1 aromatic heterocycles. The van der Waals surface area contributed by atoms with E-state index >= 15 is 0 Å². The van der Waals surface area contributed by atoms with E-state index in [0.29, 0.717) is 27.7 Å². The molecule has 1 aliphatic carbocycles. The second kappa shape index (κ2) is 9.40.